The van der Waals surface area contributed by atoms with E-state index in [1.54, 1.807) is 10.9 Å². The maximum Gasteiger partial charge on any atom is 0.358 e. The zero-order valence-electron chi connectivity index (χ0n) is 11.1. The Bertz CT molecular complexity index is 468. The second-order valence-corrected chi connectivity index (χ2v) is 7.10. The number of ether oxygens (including phenoxy) is 1. The molecule has 3 unspecified atom stereocenters. The number of fused-ring (bicyclic) bond motifs is 2. The van der Waals surface area contributed by atoms with Crippen LogP contribution < -0.4 is 0 Å². The third-order valence-electron chi connectivity index (χ3n) is 5.60. The fourth-order valence-electron chi connectivity index (χ4n) is 3.81. The maximum atomic E-state index is 12.0. The van der Waals surface area contributed by atoms with Crippen molar-refractivity contribution in [3.8, 4) is 0 Å². The van der Waals surface area contributed by atoms with E-state index in [1.807, 2.05) is 0 Å². The average molecular weight is 265 g/mol. The highest BCUT2D eigenvalue weighted by molar-refractivity contribution is 7.07. The first kappa shape index (κ1) is 12.2. The van der Waals surface area contributed by atoms with E-state index in [2.05, 4.69) is 25.8 Å². The molecule has 3 nitrogen and oxygen atoms in total. The molecule has 0 aliphatic heterocycles. The quantitative estimate of drug-likeness (QED) is 0.768. The third kappa shape index (κ3) is 1.48. The zero-order chi connectivity index (χ0) is 13.0. The summed E-state index contributed by atoms with van der Waals surface area (Å²) in [6.45, 7) is 6.92. The van der Waals surface area contributed by atoms with Gasteiger partial charge in [-0.3, -0.25) is 0 Å². The zero-order valence-corrected chi connectivity index (χ0v) is 11.9. The van der Waals surface area contributed by atoms with Gasteiger partial charge >= 0.3 is 5.97 Å². The van der Waals surface area contributed by atoms with E-state index in [0.717, 1.165) is 6.42 Å². The van der Waals surface area contributed by atoms with Gasteiger partial charge in [-0.15, -0.1) is 11.3 Å². The van der Waals surface area contributed by atoms with Crippen LogP contribution >= 0.6 is 11.3 Å². The van der Waals surface area contributed by atoms with Crippen molar-refractivity contribution in [3.05, 3.63) is 16.6 Å². The molecule has 0 N–H and O–H groups in total. The van der Waals surface area contributed by atoms with E-state index in [4.69, 9.17) is 4.74 Å². The Hall–Kier alpha value is -0.900. The Kier molecular flexibility index (Phi) is 2.56. The van der Waals surface area contributed by atoms with Crippen LogP contribution in [-0.4, -0.2) is 17.1 Å². The van der Waals surface area contributed by atoms with Crippen molar-refractivity contribution in [2.24, 2.45) is 16.7 Å². The van der Waals surface area contributed by atoms with Crippen molar-refractivity contribution in [1.82, 2.24) is 4.98 Å². The number of thiazole rings is 1. The van der Waals surface area contributed by atoms with Gasteiger partial charge in [0.05, 0.1) is 5.51 Å². The molecule has 98 valence electrons. The monoisotopic (exact) mass is 265 g/mol. The lowest BCUT2D eigenvalue weighted by Gasteiger charge is -2.38. The van der Waals surface area contributed by atoms with E-state index in [0.29, 0.717) is 11.6 Å². The molecule has 1 heterocycles. The van der Waals surface area contributed by atoms with Crippen molar-refractivity contribution in [2.45, 2.75) is 46.1 Å². The van der Waals surface area contributed by atoms with Crippen molar-refractivity contribution in [2.75, 3.05) is 0 Å². The summed E-state index contributed by atoms with van der Waals surface area (Å²) in [5.74, 6) is 0.432. The van der Waals surface area contributed by atoms with Gasteiger partial charge in [-0.25, -0.2) is 9.78 Å². The van der Waals surface area contributed by atoms with Crippen LogP contribution in [0, 0.1) is 16.7 Å². The fourth-order valence-corrected chi connectivity index (χ4v) is 4.33. The van der Waals surface area contributed by atoms with Crippen molar-refractivity contribution in [3.63, 3.8) is 0 Å². The number of aromatic nitrogens is 1. The molecule has 0 spiro atoms. The summed E-state index contributed by atoms with van der Waals surface area (Å²) in [7, 11) is 0. The Morgan fingerprint density at radius 3 is 2.78 bits per heavy atom. The van der Waals surface area contributed by atoms with Crippen LogP contribution in [0.5, 0.6) is 0 Å². The Morgan fingerprint density at radius 2 is 2.28 bits per heavy atom. The highest BCUT2D eigenvalue weighted by atomic mass is 32.1. The van der Waals surface area contributed by atoms with Crippen LogP contribution in [0.1, 0.15) is 50.5 Å². The predicted octanol–water partition coefficient (Wildman–Crippen LogP) is 3.51. The Morgan fingerprint density at radius 1 is 1.50 bits per heavy atom. The molecule has 0 amide bonds. The van der Waals surface area contributed by atoms with Gasteiger partial charge < -0.3 is 4.74 Å². The van der Waals surface area contributed by atoms with Crippen LogP contribution in [0.25, 0.3) is 0 Å². The number of carbonyl (C=O) groups excluding carboxylic acids is 1. The van der Waals surface area contributed by atoms with Gasteiger partial charge in [0.25, 0.3) is 0 Å². The largest absolute Gasteiger partial charge is 0.457 e. The minimum atomic E-state index is -0.258. The van der Waals surface area contributed by atoms with Crippen molar-refractivity contribution in [1.29, 1.82) is 0 Å². The summed E-state index contributed by atoms with van der Waals surface area (Å²) in [5.41, 5.74) is 2.52. The van der Waals surface area contributed by atoms with Gasteiger partial charge in [0.2, 0.25) is 0 Å². The SMILES string of the molecule is CC1(C)C2CCC1(C)C(OC(=O)c1cscn1)C2. The molecule has 2 aliphatic carbocycles. The number of hydrogen-bond donors (Lipinski definition) is 0. The highest BCUT2D eigenvalue weighted by Gasteiger charge is 2.62. The molecule has 3 atom stereocenters. The maximum absolute atomic E-state index is 12.0. The molecule has 4 heteroatoms. The van der Waals surface area contributed by atoms with Crippen molar-refractivity contribution < 1.29 is 9.53 Å². The molecule has 0 aromatic carbocycles. The normalized spacial score (nSPS) is 36.8. The van der Waals surface area contributed by atoms with Gasteiger partial charge in [-0.1, -0.05) is 20.8 Å². The smallest absolute Gasteiger partial charge is 0.358 e. The summed E-state index contributed by atoms with van der Waals surface area (Å²) in [6.07, 6.45) is 3.51. The topological polar surface area (TPSA) is 39.2 Å². The second-order valence-electron chi connectivity index (χ2n) is 6.38. The molecule has 1 aromatic rings. The first-order chi connectivity index (χ1) is 8.45. The molecule has 2 bridgehead atoms. The first-order valence-corrected chi connectivity index (χ1v) is 7.48. The minimum Gasteiger partial charge on any atom is -0.457 e. The molecule has 2 aliphatic rings. The summed E-state index contributed by atoms with van der Waals surface area (Å²) >= 11 is 1.43. The summed E-state index contributed by atoms with van der Waals surface area (Å²) in [5, 5.41) is 1.75. The second kappa shape index (κ2) is 3.80. The Balaban J connectivity index is 1.78. The number of nitrogens with zero attached hydrogens (tertiary/aromatic N) is 1. The predicted molar refractivity (Wildman–Crippen MR) is 70.5 cm³/mol. The van der Waals surface area contributed by atoms with E-state index < -0.39 is 0 Å². The molecule has 18 heavy (non-hydrogen) atoms. The number of esters is 1. The molecule has 2 saturated carbocycles. The van der Waals surface area contributed by atoms with Gasteiger partial charge in [0, 0.05) is 10.8 Å². The average Bonchev–Trinajstić information content (AvgIpc) is 2.95. The lowest BCUT2D eigenvalue weighted by Crippen LogP contribution is -2.38. The molecular weight excluding hydrogens is 246 g/mol. The highest BCUT2D eigenvalue weighted by Crippen LogP contribution is 2.66. The van der Waals surface area contributed by atoms with Gasteiger partial charge in [-0.05, 0) is 30.6 Å². The summed E-state index contributed by atoms with van der Waals surface area (Å²) < 4.78 is 5.73. The molecule has 2 fully saturated rings. The van der Waals surface area contributed by atoms with Crippen LogP contribution in [0.4, 0.5) is 0 Å². The molecular formula is C14H19NO2S. The first-order valence-electron chi connectivity index (χ1n) is 6.54. The van der Waals surface area contributed by atoms with Crippen LogP contribution in [0.15, 0.2) is 10.9 Å². The number of rotatable bonds is 2. The molecule has 1 aromatic heterocycles. The molecule has 3 rings (SSSR count). The van der Waals surface area contributed by atoms with Crippen LogP contribution in [-0.2, 0) is 4.74 Å². The number of hydrogen-bond acceptors (Lipinski definition) is 4. The van der Waals surface area contributed by atoms with Gasteiger partial charge in [0.15, 0.2) is 5.69 Å². The van der Waals surface area contributed by atoms with E-state index in [9.17, 15) is 4.79 Å². The van der Waals surface area contributed by atoms with Crippen molar-refractivity contribution >= 4 is 17.3 Å². The number of carbonyl (C=O) groups is 1. The third-order valence-corrected chi connectivity index (χ3v) is 6.19. The van der Waals surface area contributed by atoms with E-state index >= 15 is 0 Å². The van der Waals surface area contributed by atoms with Crippen LogP contribution in [0.3, 0.4) is 0 Å². The Labute approximate surface area is 112 Å². The standard InChI is InChI=1S/C14H19NO2S/c1-13(2)9-4-5-14(13,3)11(6-9)17-12(16)10-7-18-8-15-10/h7-9,11H,4-6H2,1-3H3. The lowest BCUT2D eigenvalue weighted by atomic mass is 9.70. The summed E-state index contributed by atoms with van der Waals surface area (Å²) in [4.78, 5) is 16.0. The fraction of sp³-hybridized carbons (Fsp3) is 0.714. The van der Waals surface area contributed by atoms with E-state index in [-0.39, 0.29) is 22.9 Å². The van der Waals surface area contributed by atoms with E-state index in [1.165, 1.54) is 24.2 Å². The van der Waals surface area contributed by atoms with Gasteiger partial charge in [0.1, 0.15) is 6.10 Å². The summed E-state index contributed by atoms with van der Waals surface area (Å²) in [6, 6.07) is 0. The van der Waals surface area contributed by atoms with Crippen LogP contribution in [0.2, 0.25) is 0 Å². The molecule has 0 saturated heterocycles. The lowest BCUT2D eigenvalue weighted by molar-refractivity contribution is -0.0246. The minimum absolute atomic E-state index is 0.0560. The molecule has 0 radical (unpaired) electrons. The van der Waals surface area contributed by atoms with Gasteiger partial charge in [-0.2, -0.15) is 0 Å².